The third-order valence-corrected chi connectivity index (χ3v) is 5.82. The molecule has 0 aromatic heterocycles. The standard InChI is InChI=1S/C26H24FNO3/c27-21-13-15-22(16-14-21)28-25(20-11-9-19(10-12-20)17-24(29)30)23(26(28)31)8-4-7-18-5-2-1-3-6-18/h1-3,5-6,9-16,23,25H,4,7-8,17H2,(H,29,30)/t23-,25-/m1/s1. The second-order valence-corrected chi connectivity index (χ2v) is 7.93. The van der Waals surface area contributed by atoms with E-state index in [0.29, 0.717) is 5.69 Å². The number of carbonyl (C=O) groups is 2. The molecule has 1 aliphatic rings. The molecule has 2 atom stereocenters. The smallest absolute Gasteiger partial charge is 0.307 e. The van der Waals surface area contributed by atoms with E-state index in [2.05, 4.69) is 12.1 Å². The summed E-state index contributed by atoms with van der Waals surface area (Å²) in [5.74, 6) is -1.33. The summed E-state index contributed by atoms with van der Waals surface area (Å²) >= 11 is 0. The molecule has 0 aliphatic carbocycles. The Bertz CT molecular complexity index is 1050. The highest BCUT2D eigenvalue weighted by Crippen LogP contribution is 2.45. The number of anilines is 1. The Morgan fingerprint density at radius 1 is 0.903 bits per heavy atom. The normalized spacial score (nSPS) is 18.0. The van der Waals surface area contributed by atoms with Crippen LogP contribution < -0.4 is 4.90 Å². The number of carbonyl (C=O) groups excluding carboxylic acids is 1. The van der Waals surface area contributed by atoms with Crippen LogP contribution in [0.1, 0.15) is 35.6 Å². The third-order valence-electron chi connectivity index (χ3n) is 5.82. The number of hydrogen-bond donors (Lipinski definition) is 1. The lowest BCUT2D eigenvalue weighted by Gasteiger charge is -2.47. The van der Waals surface area contributed by atoms with E-state index in [9.17, 15) is 14.0 Å². The van der Waals surface area contributed by atoms with Crippen LogP contribution in [0.15, 0.2) is 78.9 Å². The zero-order chi connectivity index (χ0) is 21.8. The number of β-lactam (4-membered cyclic amide) rings is 1. The molecule has 1 aliphatic heterocycles. The van der Waals surface area contributed by atoms with Crippen molar-refractivity contribution < 1.29 is 19.1 Å². The van der Waals surface area contributed by atoms with Crippen molar-refractivity contribution in [1.82, 2.24) is 0 Å². The molecule has 158 valence electrons. The predicted octanol–water partition coefficient (Wildman–Crippen LogP) is 5.18. The molecule has 1 fully saturated rings. The molecule has 0 bridgehead atoms. The Balaban J connectivity index is 1.54. The molecule has 0 radical (unpaired) electrons. The molecule has 0 spiro atoms. The van der Waals surface area contributed by atoms with Gasteiger partial charge in [-0.3, -0.25) is 9.59 Å². The van der Waals surface area contributed by atoms with Gasteiger partial charge in [0.15, 0.2) is 0 Å². The lowest BCUT2D eigenvalue weighted by molar-refractivity contribution is -0.136. The van der Waals surface area contributed by atoms with Gasteiger partial charge in [0, 0.05) is 5.69 Å². The second kappa shape index (κ2) is 9.13. The van der Waals surface area contributed by atoms with E-state index in [1.807, 2.05) is 30.3 Å². The summed E-state index contributed by atoms with van der Waals surface area (Å²) in [5.41, 5.74) is 3.60. The SMILES string of the molecule is O=C(O)Cc1ccc([C@@H]2[C@@H](CCCc3ccccc3)C(=O)N2c2ccc(F)cc2)cc1. The largest absolute Gasteiger partial charge is 0.481 e. The number of carboxylic acid groups (broad SMARTS) is 1. The molecule has 0 unspecified atom stereocenters. The first-order valence-electron chi connectivity index (χ1n) is 10.5. The lowest BCUT2D eigenvalue weighted by Crippen LogP contribution is -2.55. The summed E-state index contributed by atoms with van der Waals surface area (Å²) in [4.78, 5) is 25.7. The fourth-order valence-corrected chi connectivity index (χ4v) is 4.28. The van der Waals surface area contributed by atoms with Crippen molar-refractivity contribution in [1.29, 1.82) is 0 Å². The van der Waals surface area contributed by atoms with E-state index in [1.165, 1.54) is 17.7 Å². The summed E-state index contributed by atoms with van der Waals surface area (Å²) in [6.45, 7) is 0. The number of amides is 1. The van der Waals surface area contributed by atoms with E-state index in [0.717, 1.165) is 30.4 Å². The molecule has 0 saturated carbocycles. The van der Waals surface area contributed by atoms with Crippen molar-refractivity contribution in [3.63, 3.8) is 0 Å². The average molecular weight is 417 g/mol. The van der Waals surface area contributed by atoms with Gasteiger partial charge < -0.3 is 10.0 Å². The first-order chi connectivity index (χ1) is 15.0. The number of nitrogens with zero attached hydrogens (tertiary/aromatic N) is 1. The number of benzene rings is 3. The number of aryl methyl sites for hydroxylation is 1. The molecular formula is C26H24FNO3. The highest BCUT2D eigenvalue weighted by molar-refractivity contribution is 6.03. The number of carboxylic acids is 1. The van der Waals surface area contributed by atoms with Crippen LogP contribution in [0, 0.1) is 11.7 Å². The van der Waals surface area contributed by atoms with Crippen LogP contribution in [0.25, 0.3) is 0 Å². The third kappa shape index (κ3) is 4.66. The molecule has 31 heavy (non-hydrogen) atoms. The molecule has 3 aromatic carbocycles. The zero-order valence-corrected chi connectivity index (χ0v) is 17.1. The highest BCUT2D eigenvalue weighted by atomic mass is 19.1. The van der Waals surface area contributed by atoms with Crippen LogP contribution in [-0.2, 0) is 22.4 Å². The molecule has 5 heteroatoms. The van der Waals surface area contributed by atoms with Crippen LogP contribution in [0.5, 0.6) is 0 Å². The van der Waals surface area contributed by atoms with Crippen molar-refractivity contribution in [3.05, 3.63) is 101 Å². The Hall–Kier alpha value is -3.47. The minimum absolute atomic E-state index is 0.0357. The van der Waals surface area contributed by atoms with Gasteiger partial charge in [-0.15, -0.1) is 0 Å². The maximum Gasteiger partial charge on any atom is 0.307 e. The van der Waals surface area contributed by atoms with Gasteiger partial charge in [-0.2, -0.15) is 0 Å². The van der Waals surface area contributed by atoms with Gasteiger partial charge in [0.05, 0.1) is 18.4 Å². The fourth-order valence-electron chi connectivity index (χ4n) is 4.28. The first-order valence-corrected chi connectivity index (χ1v) is 10.5. The van der Waals surface area contributed by atoms with Gasteiger partial charge in [-0.1, -0.05) is 54.6 Å². The van der Waals surface area contributed by atoms with Gasteiger partial charge in [0.2, 0.25) is 5.91 Å². The van der Waals surface area contributed by atoms with Crippen LogP contribution in [0.3, 0.4) is 0 Å². The van der Waals surface area contributed by atoms with E-state index in [-0.39, 0.29) is 30.1 Å². The molecular weight excluding hydrogens is 393 g/mol. The Morgan fingerprint density at radius 2 is 1.58 bits per heavy atom. The van der Waals surface area contributed by atoms with Gasteiger partial charge in [0.1, 0.15) is 5.82 Å². The number of aliphatic carboxylic acids is 1. The maximum absolute atomic E-state index is 13.4. The Kier molecular flexibility index (Phi) is 6.12. The summed E-state index contributed by atoms with van der Waals surface area (Å²) in [5, 5.41) is 9.00. The fraction of sp³-hybridized carbons (Fsp3) is 0.231. The second-order valence-electron chi connectivity index (χ2n) is 7.93. The zero-order valence-electron chi connectivity index (χ0n) is 17.1. The molecule has 1 heterocycles. The van der Waals surface area contributed by atoms with Crippen LogP contribution in [0.2, 0.25) is 0 Å². The van der Waals surface area contributed by atoms with Gasteiger partial charge in [0.25, 0.3) is 0 Å². The quantitative estimate of drug-likeness (QED) is 0.514. The molecule has 4 nitrogen and oxygen atoms in total. The molecule has 1 N–H and O–H groups in total. The van der Waals surface area contributed by atoms with E-state index in [1.54, 1.807) is 29.2 Å². The summed E-state index contributed by atoms with van der Waals surface area (Å²) in [7, 11) is 0. The van der Waals surface area contributed by atoms with Crippen LogP contribution in [0.4, 0.5) is 10.1 Å². The van der Waals surface area contributed by atoms with Crippen LogP contribution in [-0.4, -0.2) is 17.0 Å². The maximum atomic E-state index is 13.4. The minimum Gasteiger partial charge on any atom is -0.481 e. The van der Waals surface area contributed by atoms with Gasteiger partial charge in [-0.05, 0) is 60.2 Å². The topological polar surface area (TPSA) is 57.6 Å². The van der Waals surface area contributed by atoms with E-state index >= 15 is 0 Å². The van der Waals surface area contributed by atoms with E-state index < -0.39 is 5.97 Å². The Morgan fingerprint density at radius 3 is 2.23 bits per heavy atom. The summed E-state index contributed by atoms with van der Waals surface area (Å²) < 4.78 is 13.4. The number of hydrogen-bond acceptors (Lipinski definition) is 2. The molecule has 1 amide bonds. The number of halogens is 1. The van der Waals surface area contributed by atoms with Crippen molar-refractivity contribution in [2.24, 2.45) is 5.92 Å². The summed E-state index contributed by atoms with van der Waals surface area (Å²) in [6, 6.07) is 23.4. The molecule has 1 saturated heterocycles. The number of rotatable bonds is 8. The Labute approximate surface area is 181 Å². The van der Waals surface area contributed by atoms with Crippen molar-refractivity contribution in [2.45, 2.75) is 31.7 Å². The van der Waals surface area contributed by atoms with Crippen LogP contribution >= 0.6 is 0 Å². The van der Waals surface area contributed by atoms with E-state index in [4.69, 9.17) is 5.11 Å². The van der Waals surface area contributed by atoms with Gasteiger partial charge >= 0.3 is 5.97 Å². The summed E-state index contributed by atoms with van der Waals surface area (Å²) in [6.07, 6.45) is 2.52. The van der Waals surface area contributed by atoms with Crippen molar-refractivity contribution in [2.75, 3.05) is 4.90 Å². The lowest BCUT2D eigenvalue weighted by atomic mass is 9.78. The molecule has 3 aromatic rings. The monoisotopic (exact) mass is 417 g/mol. The van der Waals surface area contributed by atoms with Gasteiger partial charge in [-0.25, -0.2) is 4.39 Å². The average Bonchev–Trinajstić information content (AvgIpc) is 2.77. The molecule has 4 rings (SSSR count). The highest BCUT2D eigenvalue weighted by Gasteiger charge is 2.48. The van der Waals surface area contributed by atoms with Crippen molar-refractivity contribution >= 4 is 17.6 Å². The first kappa shape index (κ1) is 20.8. The minimum atomic E-state index is -0.877. The predicted molar refractivity (Wildman–Crippen MR) is 117 cm³/mol. The van der Waals surface area contributed by atoms with Crippen molar-refractivity contribution in [3.8, 4) is 0 Å².